The zero-order valence-electron chi connectivity index (χ0n) is 17.2. The molecule has 2 aromatic carbocycles. The average molecular weight is 448 g/mol. The highest BCUT2D eigenvalue weighted by Gasteiger charge is 2.33. The molecule has 0 fully saturated rings. The Balaban J connectivity index is 1.60. The molecule has 3 rings (SSSR count). The zero-order valence-corrected chi connectivity index (χ0v) is 18.0. The van der Waals surface area contributed by atoms with Gasteiger partial charge in [0.05, 0.1) is 18.0 Å². The van der Waals surface area contributed by atoms with Crippen molar-refractivity contribution >= 4 is 27.9 Å². The maximum absolute atomic E-state index is 11.6. The van der Waals surface area contributed by atoms with E-state index in [0.717, 1.165) is 11.1 Å². The van der Waals surface area contributed by atoms with Crippen LogP contribution < -0.4 is 10.1 Å². The lowest BCUT2D eigenvalue weighted by Gasteiger charge is -2.32. The van der Waals surface area contributed by atoms with Crippen molar-refractivity contribution in [2.75, 3.05) is 11.9 Å². The molecule has 0 saturated carbocycles. The summed E-state index contributed by atoms with van der Waals surface area (Å²) in [7, 11) is -4.67. The summed E-state index contributed by atoms with van der Waals surface area (Å²) in [6.07, 6.45) is 0.817. The second-order valence-electron chi connectivity index (χ2n) is 7.51. The van der Waals surface area contributed by atoms with Crippen molar-refractivity contribution in [2.45, 2.75) is 38.7 Å². The van der Waals surface area contributed by atoms with E-state index in [-0.39, 0.29) is 0 Å². The summed E-state index contributed by atoms with van der Waals surface area (Å²) in [5.41, 5.74) is 2.08. The fourth-order valence-electron chi connectivity index (χ4n) is 3.21. The van der Waals surface area contributed by atoms with Gasteiger partial charge < -0.3 is 9.47 Å². The summed E-state index contributed by atoms with van der Waals surface area (Å²) < 4.78 is 45.8. The monoisotopic (exact) mass is 448 g/mol. The van der Waals surface area contributed by atoms with Crippen molar-refractivity contribution < 1.29 is 31.5 Å². The largest absolute Gasteiger partial charge is 0.494 e. The first kappa shape index (κ1) is 22.6. The first-order valence-corrected chi connectivity index (χ1v) is 11.0. The molecule has 1 aliphatic rings. The summed E-state index contributed by atoms with van der Waals surface area (Å²) in [5, 5.41) is 6.24. The number of benzene rings is 2. The Morgan fingerprint density at radius 1 is 1.19 bits per heavy atom. The molecule has 0 atom stereocenters. The lowest BCUT2D eigenvalue weighted by Crippen LogP contribution is -2.34. The second-order valence-corrected chi connectivity index (χ2v) is 8.51. The van der Waals surface area contributed by atoms with E-state index >= 15 is 0 Å². The molecule has 9 nitrogen and oxygen atoms in total. The molecule has 10 heteroatoms. The second kappa shape index (κ2) is 9.36. The number of amides is 1. The maximum atomic E-state index is 11.6. The highest BCUT2D eigenvalue weighted by molar-refractivity contribution is 7.80. The molecular formula is C21H24N2O7S. The highest BCUT2D eigenvalue weighted by Crippen LogP contribution is 2.37. The molecule has 2 N–H and O–H groups in total. The van der Waals surface area contributed by atoms with Crippen LogP contribution >= 0.6 is 0 Å². The van der Waals surface area contributed by atoms with Gasteiger partial charge in [0.15, 0.2) is 0 Å². The molecule has 31 heavy (non-hydrogen) atoms. The average Bonchev–Trinajstić information content (AvgIpc) is 2.69. The van der Waals surface area contributed by atoms with Crippen LogP contribution in [0.25, 0.3) is 0 Å². The van der Waals surface area contributed by atoms with Crippen LogP contribution in [-0.4, -0.2) is 31.4 Å². The van der Waals surface area contributed by atoms with E-state index in [1.165, 1.54) is 0 Å². The van der Waals surface area contributed by atoms with Gasteiger partial charge in [0, 0.05) is 12.0 Å². The number of nitrogens with zero attached hydrogens (tertiary/aromatic N) is 1. The maximum Gasteiger partial charge on any atom is 0.466 e. The van der Waals surface area contributed by atoms with Gasteiger partial charge >= 0.3 is 16.5 Å². The third-order valence-corrected chi connectivity index (χ3v) is 4.88. The molecule has 1 aliphatic heterocycles. The van der Waals surface area contributed by atoms with Crippen LogP contribution in [0.3, 0.4) is 0 Å². The Kier molecular flexibility index (Phi) is 6.81. The van der Waals surface area contributed by atoms with E-state index in [1.54, 1.807) is 26.0 Å². The number of rotatable bonds is 9. The predicted octanol–water partition coefficient (Wildman–Crippen LogP) is 4.06. The Hall–Kier alpha value is -3.11. The fourth-order valence-corrected chi connectivity index (χ4v) is 3.41. The summed E-state index contributed by atoms with van der Waals surface area (Å²) in [6, 6.07) is 14.7. The summed E-state index contributed by atoms with van der Waals surface area (Å²) in [6.45, 7) is 3.94. The van der Waals surface area contributed by atoms with Crippen LogP contribution in [0.2, 0.25) is 0 Å². The molecule has 166 valence electrons. The van der Waals surface area contributed by atoms with Gasteiger partial charge in [0.25, 0.3) is 0 Å². The third-order valence-electron chi connectivity index (χ3n) is 4.61. The molecule has 2 aromatic rings. The molecule has 0 aromatic heterocycles. The van der Waals surface area contributed by atoms with Gasteiger partial charge in [-0.3, -0.25) is 9.87 Å². The fraction of sp³-hybridized carbons (Fsp3) is 0.333. The van der Waals surface area contributed by atoms with Gasteiger partial charge in [-0.1, -0.05) is 35.5 Å². The van der Waals surface area contributed by atoms with Crippen molar-refractivity contribution in [1.82, 2.24) is 0 Å². The number of anilines is 1. The zero-order chi connectivity index (χ0) is 22.5. The molecule has 0 saturated heterocycles. The molecule has 0 aliphatic carbocycles. The minimum absolute atomic E-state index is 0.339. The summed E-state index contributed by atoms with van der Waals surface area (Å²) in [5.74, 6) is 0.613. The third kappa shape index (κ3) is 6.69. The minimum atomic E-state index is -4.67. The Bertz CT molecular complexity index is 1070. The number of cyclic esters (lactones) is 1. The first-order chi connectivity index (χ1) is 14.6. The number of hydrogen-bond donors (Lipinski definition) is 2. The van der Waals surface area contributed by atoms with Crippen LogP contribution in [0.5, 0.6) is 5.75 Å². The molecule has 0 unspecified atom stereocenters. The quantitative estimate of drug-likeness (QED) is 0.257. The van der Waals surface area contributed by atoms with Crippen LogP contribution in [-0.2, 0) is 31.4 Å². The topological polar surface area (TPSA) is 124 Å². The van der Waals surface area contributed by atoms with Crippen LogP contribution in [0.1, 0.15) is 37.8 Å². The Morgan fingerprint density at radius 2 is 1.94 bits per heavy atom. The smallest absolute Gasteiger partial charge is 0.466 e. The number of oxime groups is 1. The van der Waals surface area contributed by atoms with E-state index in [2.05, 4.69) is 14.8 Å². The highest BCUT2D eigenvalue weighted by atomic mass is 32.3. The van der Waals surface area contributed by atoms with Gasteiger partial charge in [-0.15, -0.1) is 0 Å². The molecule has 0 spiro atoms. The Morgan fingerprint density at radius 3 is 2.65 bits per heavy atom. The van der Waals surface area contributed by atoms with Gasteiger partial charge in [0.1, 0.15) is 11.4 Å². The SMILES string of the molecule is CC1(C)OC(=O)Nc2ccc(OCCCC(Cc3ccccc3)=NOS(=O)(=O)O)cc21. The van der Waals surface area contributed by atoms with Gasteiger partial charge in [-0.05, 0) is 50.5 Å². The number of carbonyl (C=O) groups is 1. The number of nitrogens with one attached hydrogen (secondary N) is 1. The number of ether oxygens (including phenoxy) is 2. The van der Waals surface area contributed by atoms with Crippen LogP contribution in [0.4, 0.5) is 10.5 Å². The van der Waals surface area contributed by atoms with E-state index in [0.29, 0.717) is 43.0 Å². The van der Waals surface area contributed by atoms with Crippen molar-refractivity contribution in [3.05, 3.63) is 59.7 Å². The van der Waals surface area contributed by atoms with Crippen molar-refractivity contribution in [3.8, 4) is 5.75 Å². The van der Waals surface area contributed by atoms with Crippen LogP contribution in [0.15, 0.2) is 53.7 Å². The van der Waals surface area contributed by atoms with Gasteiger partial charge in [-0.2, -0.15) is 8.42 Å². The summed E-state index contributed by atoms with van der Waals surface area (Å²) in [4.78, 5) is 11.6. The van der Waals surface area contributed by atoms with Crippen LogP contribution in [0, 0.1) is 0 Å². The van der Waals surface area contributed by atoms with Crippen molar-refractivity contribution in [3.63, 3.8) is 0 Å². The number of carbonyl (C=O) groups excluding carboxylic acids is 1. The van der Waals surface area contributed by atoms with Gasteiger partial charge in [0.2, 0.25) is 0 Å². The minimum Gasteiger partial charge on any atom is -0.494 e. The van der Waals surface area contributed by atoms with Crippen molar-refractivity contribution in [1.29, 1.82) is 0 Å². The normalized spacial score (nSPS) is 15.5. The predicted molar refractivity (Wildman–Crippen MR) is 115 cm³/mol. The number of fused-ring (bicyclic) bond motifs is 1. The molecule has 0 radical (unpaired) electrons. The lowest BCUT2D eigenvalue weighted by atomic mass is 9.94. The first-order valence-electron chi connectivity index (χ1n) is 9.65. The summed E-state index contributed by atoms with van der Waals surface area (Å²) >= 11 is 0. The molecular weight excluding hydrogens is 424 g/mol. The number of hydrogen-bond acceptors (Lipinski definition) is 7. The van der Waals surface area contributed by atoms with E-state index < -0.39 is 22.1 Å². The van der Waals surface area contributed by atoms with E-state index in [1.807, 2.05) is 36.4 Å². The molecule has 0 bridgehead atoms. The van der Waals surface area contributed by atoms with E-state index in [4.69, 9.17) is 14.0 Å². The van der Waals surface area contributed by atoms with Gasteiger partial charge in [-0.25, -0.2) is 9.08 Å². The van der Waals surface area contributed by atoms with Crippen molar-refractivity contribution in [2.24, 2.45) is 5.16 Å². The molecule has 1 amide bonds. The Labute approximate surface area is 181 Å². The lowest BCUT2D eigenvalue weighted by molar-refractivity contribution is 0.0418. The molecule has 1 heterocycles. The van der Waals surface area contributed by atoms with E-state index in [9.17, 15) is 13.2 Å². The standard InChI is InChI=1S/C21H24N2O7S/c1-21(2)18-14-17(10-11-19(18)22-20(24)29-21)28-12-6-9-16(23-30-31(25,26)27)13-15-7-4-3-5-8-15/h3-5,7-8,10-11,14H,6,9,12-13H2,1-2H3,(H,22,24)(H,25,26,27).